The van der Waals surface area contributed by atoms with Crippen LogP contribution in [-0.4, -0.2) is 20.4 Å². The Balaban J connectivity index is 1.53. The van der Waals surface area contributed by atoms with Gasteiger partial charge < -0.3 is 0 Å². The van der Waals surface area contributed by atoms with Crippen LogP contribution < -0.4 is 10.6 Å². The zero-order valence-corrected chi connectivity index (χ0v) is 13.7. The SMILES string of the molecule is O=C1N(c2ccccc2)Cc2nc(=O)n(CCCc3ccccc3)n21. The number of rotatable bonds is 5. The van der Waals surface area contributed by atoms with Crippen molar-refractivity contribution in [2.24, 2.45) is 0 Å². The van der Waals surface area contributed by atoms with E-state index in [-0.39, 0.29) is 11.7 Å². The van der Waals surface area contributed by atoms with Gasteiger partial charge in [0.15, 0.2) is 5.82 Å². The van der Waals surface area contributed by atoms with Crippen molar-refractivity contribution in [1.29, 1.82) is 0 Å². The molecule has 3 aromatic rings. The van der Waals surface area contributed by atoms with Gasteiger partial charge in [-0.2, -0.15) is 9.67 Å². The van der Waals surface area contributed by atoms with Gasteiger partial charge in [-0.25, -0.2) is 14.3 Å². The van der Waals surface area contributed by atoms with E-state index in [0.717, 1.165) is 18.5 Å². The van der Waals surface area contributed by atoms with E-state index in [2.05, 4.69) is 17.1 Å². The topological polar surface area (TPSA) is 60.1 Å². The minimum absolute atomic E-state index is 0.226. The monoisotopic (exact) mass is 334 g/mol. The molecule has 0 aliphatic carbocycles. The van der Waals surface area contributed by atoms with Gasteiger partial charge in [0.05, 0.1) is 6.54 Å². The van der Waals surface area contributed by atoms with Gasteiger partial charge in [-0.05, 0) is 30.5 Å². The third-order valence-corrected chi connectivity index (χ3v) is 4.39. The molecule has 0 N–H and O–H groups in total. The molecule has 0 atom stereocenters. The summed E-state index contributed by atoms with van der Waals surface area (Å²) in [4.78, 5) is 30.6. The molecule has 0 spiro atoms. The van der Waals surface area contributed by atoms with Crippen molar-refractivity contribution < 1.29 is 4.79 Å². The molecule has 4 rings (SSSR count). The standard InChI is InChI=1S/C19H18N4O2/c24-18-20-17-14-21(16-11-5-2-6-12-16)19(25)23(17)22(18)13-7-10-15-8-3-1-4-9-15/h1-6,8-9,11-12H,7,10,13-14H2. The van der Waals surface area contributed by atoms with Gasteiger partial charge in [-0.15, -0.1) is 0 Å². The van der Waals surface area contributed by atoms with Crippen LogP contribution in [0.2, 0.25) is 0 Å². The third-order valence-electron chi connectivity index (χ3n) is 4.39. The summed E-state index contributed by atoms with van der Waals surface area (Å²) in [7, 11) is 0. The Bertz CT molecular complexity index is 945. The van der Waals surface area contributed by atoms with Crippen LogP contribution in [0.4, 0.5) is 10.5 Å². The first-order chi connectivity index (χ1) is 12.2. The number of benzene rings is 2. The smallest absolute Gasteiger partial charge is 0.285 e. The fraction of sp³-hybridized carbons (Fsp3) is 0.211. The Labute approximate surface area is 144 Å². The zero-order chi connectivity index (χ0) is 17.2. The van der Waals surface area contributed by atoms with Crippen molar-refractivity contribution >= 4 is 11.7 Å². The largest absolute Gasteiger partial charge is 0.364 e. The molecule has 0 fully saturated rings. The number of hydrogen-bond acceptors (Lipinski definition) is 3. The first-order valence-corrected chi connectivity index (χ1v) is 8.33. The summed E-state index contributed by atoms with van der Waals surface area (Å²) >= 11 is 0. The van der Waals surface area contributed by atoms with Crippen molar-refractivity contribution in [3.8, 4) is 0 Å². The Hall–Kier alpha value is -3.15. The normalized spacial score (nSPS) is 13.3. The number of amides is 1. The van der Waals surface area contributed by atoms with Gasteiger partial charge in [0.2, 0.25) is 0 Å². The maximum atomic E-state index is 12.8. The molecule has 1 aliphatic heterocycles. The molecule has 25 heavy (non-hydrogen) atoms. The van der Waals surface area contributed by atoms with E-state index in [4.69, 9.17) is 0 Å². The molecular weight excluding hydrogens is 316 g/mol. The second-order valence-corrected chi connectivity index (χ2v) is 6.04. The lowest BCUT2D eigenvalue weighted by Gasteiger charge is -2.15. The molecule has 1 amide bonds. The van der Waals surface area contributed by atoms with E-state index in [1.165, 1.54) is 14.9 Å². The number of aromatic nitrogens is 3. The summed E-state index contributed by atoms with van der Waals surface area (Å²) in [6.07, 6.45) is 1.62. The predicted octanol–water partition coefficient (Wildman–Crippen LogP) is 2.67. The van der Waals surface area contributed by atoms with Crippen molar-refractivity contribution in [1.82, 2.24) is 14.3 Å². The van der Waals surface area contributed by atoms with Crippen LogP contribution in [-0.2, 0) is 19.5 Å². The van der Waals surface area contributed by atoms with Crippen molar-refractivity contribution in [2.45, 2.75) is 25.9 Å². The van der Waals surface area contributed by atoms with Crippen LogP contribution in [0.3, 0.4) is 0 Å². The number of hydrogen-bond donors (Lipinski definition) is 0. The van der Waals surface area contributed by atoms with Crippen LogP contribution in [0.15, 0.2) is 65.5 Å². The van der Waals surface area contributed by atoms with Gasteiger partial charge in [0, 0.05) is 12.2 Å². The van der Waals surface area contributed by atoms with Crippen LogP contribution in [0.5, 0.6) is 0 Å². The fourth-order valence-electron chi connectivity index (χ4n) is 3.16. The van der Waals surface area contributed by atoms with Gasteiger partial charge >= 0.3 is 11.7 Å². The zero-order valence-electron chi connectivity index (χ0n) is 13.7. The molecule has 1 aromatic heterocycles. The number of carbonyl (C=O) groups excluding carboxylic acids is 1. The lowest BCUT2D eigenvalue weighted by atomic mass is 10.1. The summed E-state index contributed by atoms with van der Waals surface area (Å²) in [5.74, 6) is 0.499. The van der Waals surface area contributed by atoms with E-state index in [0.29, 0.717) is 18.9 Å². The highest BCUT2D eigenvalue weighted by Gasteiger charge is 2.32. The Morgan fingerprint density at radius 1 is 0.920 bits per heavy atom. The summed E-state index contributed by atoms with van der Waals surface area (Å²) in [5.41, 5.74) is 1.67. The van der Waals surface area contributed by atoms with Gasteiger partial charge in [0.1, 0.15) is 0 Å². The molecule has 1 aliphatic rings. The van der Waals surface area contributed by atoms with E-state index in [9.17, 15) is 9.59 Å². The van der Waals surface area contributed by atoms with E-state index >= 15 is 0 Å². The first-order valence-electron chi connectivity index (χ1n) is 8.33. The maximum Gasteiger partial charge on any atom is 0.364 e. The van der Waals surface area contributed by atoms with Gasteiger partial charge in [0.25, 0.3) is 0 Å². The van der Waals surface area contributed by atoms with Crippen molar-refractivity contribution in [3.05, 3.63) is 82.5 Å². The predicted molar refractivity (Wildman–Crippen MR) is 94.7 cm³/mol. The number of nitrogens with zero attached hydrogens (tertiary/aromatic N) is 4. The summed E-state index contributed by atoms with van der Waals surface area (Å²) in [5, 5.41) is 0. The van der Waals surface area contributed by atoms with Crippen LogP contribution >= 0.6 is 0 Å². The number of carbonyl (C=O) groups is 1. The van der Waals surface area contributed by atoms with E-state index < -0.39 is 0 Å². The van der Waals surface area contributed by atoms with Crippen LogP contribution in [0.1, 0.15) is 17.8 Å². The molecule has 6 heteroatoms. The highest BCUT2D eigenvalue weighted by Crippen LogP contribution is 2.22. The molecule has 6 nitrogen and oxygen atoms in total. The Kier molecular flexibility index (Phi) is 3.93. The molecule has 0 radical (unpaired) electrons. The molecule has 0 saturated carbocycles. The maximum absolute atomic E-state index is 12.8. The van der Waals surface area contributed by atoms with E-state index in [1.54, 1.807) is 4.90 Å². The number of para-hydroxylation sites is 1. The Morgan fingerprint density at radius 2 is 1.60 bits per heavy atom. The minimum Gasteiger partial charge on any atom is -0.285 e. The molecule has 0 unspecified atom stereocenters. The molecule has 2 aromatic carbocycles. The minimum atomic E-state index is -0.357. The average molecular weight is 334 g/mol. The highest BCUT2D eigenvalue weighted by molar-refractivity contribution is 5.95. The quantitative estimate of drug-likeness (QED) is 0.721. The molecule has 126 valence electrons. The molecule has 0 bridgehead atoms. The molecule has 2 heterocycles. The second-order valence-electron chi connectivity index (χ2n) is 6.04. The lowest BCUT2D eigenvalue weighted by Crippen LogP contribution is -2.33. The fourth-order valence-corrected chi connectivity index (χ4v) is 3.16. The second kappa shape index (κ2) is 6.39. The number of fused-ring (bicyclic) bond motifs is 1. The highest BCUT2D eigenvalue weighted by atomic mass is 16.2. The number of anilines is 1. The summed E-state index contributed by atoms with van der Waals surface area (Å²) in [6, 6.07) is 19.3. The first kappa shape index (κ1) is 15.4. The molecular formula is C19H18N4O2. The van der Waals surface area contributed by atoms with E-state index in [1.807, 2.05) is 48.5 Å². The third kappa shape index (κ3) is 2.87. The van der Waals surface area contributed by atoms with Crippen LogP contribution in [0.25, 0.3) is 0 Å². The summed E-state index contributed by atoms with van der Waals surface area (Å²) < 4.78 is 2.86. The van der Waals surface area contributed by atoms with Gasteiger partial charge in [-0.1, -0.05) is 48.5 Å². The summed E-state index contributed by atoms with van der Waals surface area (Å²) in [6.45, 7) is 0.791. The van der Waals surface area contributed by atoms with Gasteiger partial charge in [-0.3, -0.25) is 4.90 Å². The Morgan fingerprint density at radius 3 is 2.32 bits per heavy atom. The van der Waals surface area contributed by atoms with Crippen molar-refractivity contribution in [2.75, 3.05) is 4.90 Å². The lowest BCUT2D eigenvalue weighted by molar-refractivity contribution is 0.243. The average Bonchev–Trinajstić information content (AvgIpc) is 3.13. The molecule has 0 saturated heterocycles. The van der Waals surface area contributed by atoms with Crippen molar-refractivity contribution in [3.63, 3.8) is 0 Å². The van der Waals surface area contributed by atoms with Crippen LogP contribution in [0, 0.1) is 0 Å². The number of aryl methyl sites for hydroxylation is 1.